The second kappa shape index (κ2) is 4.91. The van der Waals surface area contributed by atoms with Crippen LogP contribution in [0.1, 0.15) is 0 Å². The van der Waals surface area contributed by atoms with Crippen LogP contribution >= 0.6 is 23.4 Å². The van der Waals surface area contributed by atoms with Gasteiger partial charge in [-0.1, -0.05) is 11.6 Å². The molecule has 1 aromatic heterocycles. The third kappa shape index (κ3) is 2.34. The molecule has 2 rings (SSSR count). The van der Waals surface area contributed by atoms with Gasteiger partial charge in [-0.2, -0.15) is 16.1 Å². The summed E-state index contributed by atoms with van der Waals surface area (Å²) in [6.07, 6.45) is 1.48. The zero-order valence-corrected chi connectivity index (χ0v) is 10.9. The van der Waals surface area contributed by atoms with Crippen LogP contribution in [0, 0.1) is 0 Å². The van der Waals surface area contributed by atoms with Gasteiger partial charge in [-0.15, -0.1) is 0 Å². The molecule has 1 aromatic rings. The second-order valence-electron chi connectivity index (χ2n) is 3.31. The second-order valence-corrected chi connectivity index (χ2v) is 6.80. The largest absolute Gasteiger partial charge is 0.246 e. The average Bonchev–Trinajstić information content (AvgIpc) is 2.30. The number of hydrogen-bond acceptors (Lipinski definition) is 4. The van der Waals surface area contributed by atoms with E-state index in [0.29, 0.717) is 13.1 Å². The van der Waals surface area contributed by atoms with Crippen LogP contribution < -0.4 is 0 Å². The van der Waals surface area contributed by atoms with Gasteiger partial charge in [0.25, 0.3) is 0 Å². The predicted octanol–water partition coefficient (Wildman–Crippen LogP) is 1.47. The van der Waals surface area contributed by atoms with Crippen molar-refractivity contribution in [3.8, 4) is 0 Å². The van der Waals surface area contributed by atoms with Crippen molar-refractivity contribution in [3.05, 3.63) is 23.5 Å². The molecule has 0 saturated carbocycles. The quantitative estimate of drug-likeness (QED) is 0.769. The molecule has 88 valence electrons. The molecule has 1 aliphatic heterocycles. The standard InChI is InChI=1S/C9H11ClN2O2S2/c10-9-8(2-1-3-11-9)16(13,14)12-4-6-15-7-5-12/h1-3H,4-7H2. The van der Waals surface area contributed by atoms with E-state index in [1.807, 2.05) is 0 Å². The molecular weight excluding hydrogens is 268 g/mol. The molecular formula is C9H11ClN2O2S2. The fourth-order valence-corrected chi connectivity index (χ4v) is 4.49. The Hall–Kier alpha value is -0.300. The average molecular weight is 279 g/mol. The van der Waals surface area contributed by atoms with Crippen LogP contribution in [-0.2, 0) is 10.0 Å². The Morgan fingerprint density at radius 3 is 2.69 bits per heavy atom. The number of aromatic nitrogens is 1. The van der Waals surface area contributed by atoms with Gasteiger partial charge in [0, 0.05) is 30.8 Å². The van der Waals surface area contributed by atoms with E-state index in [1.54, 1.807) is 17.8 Å². The van der Waals surface area contributed by atoms with Gasteiger partial charge < -0.3 is 0 Å². The molecule has 0 amide bonds. The van der Waals surface area contributed by atoms with Crippen LogP contribution in [0.3, 0.4) is 0 Å². The van der Waals surface area contributed by atoms with Crippen LogP contribution in [0.25, 0.3) is 0 Å². The highest BCUT2D eigenvalue weighted by Crippen LogP contribution is 2.24. The fraction of sp³-hybridized carbons (Fsp3) is 0.444. The van der Waals surface area contributed by atoms with Crippen molar-refractivity contribution >= 4 is 33.4 Å². The van der Waals surface area contributed by atoms with Crippen molar-refractivity contribution in [3.63, 3.8) is 0 Å². The molecule has 0 radical (unpaired) electrons. The molecule has 2 heterocycles. The lowest BCUT2D eigenvalue weighted by molar-refractivity contribution is 0.443. The number of hydrogen-bond donors (Lipinski definition) is 0. The third-order valence-corrected chi connectivity index (χ3v) is 5.60. The zero-order chi connectivity index (χ0) is 11.6. The molecule has 1 aliphatic rings. The summed E-state index contributed by atoms with van der Waals surface area (Å²) in [4.78, 5) is 3.90. The zero-order valence-electron chi connectivity index (χ0n) is 8.47. The first-order chi connectivity index (χ1) is 7.62. The number of sulfonamides is 1. The van der Waals surface area contributed by atoms with E-state index in [1.165, 1.54) is 16.6 Å². The Balaban J connectivity index is 2.35. The fourth-order valence-electron chi connectivity index (χ4n) is 1.49. The minimum absolute atomic E-state index is 0.0423. The normalized spacial score (nSPS) is 18.6. The highest BCUT2D eigenvalue weighted by atomic mass is 35.5. The van der Waals surface area contributed by atoms with Gasteiger partial charge in [0.05, 0.1) is 0 Å². The summed E-state index contributed by atoms with van der Waals surface area (Å²) >= 11 is 7.57. The van der Waals surface area contributed by atoms with Crippen molar-refractivity contribution in [2.24, 2.45) is 0 Å². The monoisotopic (exact) mass is 278 g/mol. The third-order valence-electron chi connectivity index (χ3n) is 2.31. The summed E-state index contributed by atoms with van der Waals surface area (Å²) < 4.78 is 25.9. The van der Waals surface area contributed by atoms with E-state index >= 15 is 0 Å². The Kier molecular flexibility index (Phi) is 3.73. The lowest BCUT2D eigenvalue weighted by Gasteiger charge is -2.25. The van der Waals surface area contributed by atoms with E-state index in [9.17, 15) is 8.42 Å². The minimum atomic E-state index is -3.47. The van der Waals surface area contributed by atoms with E-state index in [2.05, 4.69) is 4.98 Å². The molecule has 0 unspecified atom stereocenters. The Labute approximate surface area is 104 Å². The molecule has 7 heteroatoms. The SMILES string of the molecule is O=S(=O)(c1cccnc1Cl)N1CCSCC1. The van der Waals surface area contributed by atoms with E-state index in [0.717, 1.165) is 11.5 Å². The van der Waals surface area contributed by atoms with Crippen LogP contribution in [0.5, 0.6) is 0 Å². The first-order valence-electron chi connectivity index (χ1n) is 4.81. The van der Waals surface area contributed by atoms with Gasteiger partial charge in [0.1, 0.15) is 10.0 Å². The Morgan fingerprint density at radius 2 is 2.06 bits per heavy atom. The Bertz CT molecular complexity index is 472. The van der Waals surface area contributed by atoms with Crippen molar-refractivity contribution in [2.45, 2.75) is 4.90 Å². The maximum Gasteiger partial charge on any atom is 0.246 e. The van der Waals surface area contributed by atoms with Crippen LogP contribution in [0.4, 0.5) is 0 Å². The summed E-state index contributed by atoms with van der Waals surface area (Å²) in [7, 11) is -3.47. The number of rotatable bonds is 2. The van der Waals surface area contributed by atoms with Crippen LogP contribution in [0.15, 0.2) is 23.2 Å². The van der Waals surface area contributed by atoms with Crippen molar-refractivity contribution in [1.82, 2.24) is 9.29 Å². The molecule has 0 aliphatic carbocycles. The number of nitrogens with zero attached hydrogens (tertiary/aromatic N) is 2. The smallest absolute Gasteiger partial charge is 0.243 e. The molecule has 16 heavy (non-hydrogen) atoms. The van der Waals surface area contributed by atoms with Crippen LogP contribution in [-0.4, -0.2) is 42.3 Å². The maximum atomic E-state index is 12.2. The topological polar surface area (TPSA) is 50.3 Å². The lowest BCUT2D eigenvalue weighted by Crippen LogP contribution is -2.38. The maximum absolute atomic E-state index is 12.2. The molecule has 0 atom stereocenters. The van der Waals surface area contributed by atoms with Crippen molar-refractivity contribution in [2.75, 3.05) is 24.6 Å². The highest BCUT2D eigenvalue weighted by molar-refractivity contribution is 7.99. The van der Waals surface area contributed by atoms with Crippen LogP contribution in [0.2, 0.25) is 5.15 Å². The summed E-state index contributed by atoms with van der Waals surface area (Å²) in [6, 6.07) is 3.07. The predicted molar refractivity (Wildman–Crippen MR) is 65.3 cm³/mol. The first kappa shape index (κ1) is 12.2. The van der Waals surface area contributed by atoms with Gasteiger partial charge in [-0.25, -0.2) is 13.4 Å². The summed E-state index contributed by atoms with van der Waals surface area (Å²) in [6.45, 7) is 1.08. The van der Waals surface area contributed by atoms with Gasteiger partial charge >= 0.3 is 0 Å². The molecule has 0 spiro atoms. The Morgan fingerprint density at radius 1 is 1.38 bits per heavy atom. The van der Waals surface area contributed by atoms with Gasteiger partial charge in [-0.05, 0) is 12.1 Å². The highest BCUT2D eigenvalue weighted by Gasteiger charge is 2.28. The molecule has 0 bridgehead atoms. The van der Waals surface area contributed by atoms with Gasteiger partial charge in [0.15, 0.2) is 0 Å². The van der Waals surface area contributed by atoms with Gasteiger partial charge in [-0.3, -0.25) is 0 Å². The number of thioether (sulfide) groups is 1. The minimum Gasteiger partial charge on any atom is -0.243 e. The first-order valence-corrected chi connectivity index (χ1v) is 7.78. The molecule has 4 nitrogen and oxygen atoms in total. The van der Waals surface area contributed by atoms with E-state index < -0.39 is 10.0 Å². The number of pyridine rings is 1. The summed E-state index contributed by atoms with van der Waals surface area (Å²) in [5, 5.41) is 0.0423. The summed E-state index contributed by atoms with van der Waals surface area (Å²) in [5.41, 5.74) is 0. The molecule has 1 saturated heterocycles. The molecule has 0 aromatic carbocycles. The molecule has 1 fully saturated rings. The van der Waals surface area contributed by atoms with Gasteiger partial charge in [0.2, 0.25) is 10.0 Å². The lowest BCUT2D eigenvalue weighted by atomic mass is 10.5. The molecule has 0 N–H and O–H groups in total. The van der Waals surface area contributed by atoms with E-state index in [4.69, 9.17) is 11.6 Å². The van der Waals surface area contributed by atoms with Crippen molar-refractivity contribution < 1.29 is 8.42 Å². The van der Waals surface area contributed by atoms with Crippen molar-refractivity contribution in [1.29, 1.82) is 0 Å². The number of halogens is 1. The summed E-state index contributed by atoms with van der Waals surface area (Å²) in [5.74, 6) is 1.66. The van der Waals surface area contributed by atoms with E-state index in [-0.39, 0.29) is 10.0 Å².